The number of ether oxygens (including phenoxy) is 3. The quantitative estimate of drug-likeness (QED) is 0.243. The average molecular weight is 461 g/mol. The lowest BCUT2D eigenvalue weighted by molar-refractivity contribution is -0.142. The lowest BCUT2D eigenvalue weighted by Crippen LogP contribution is -2.17. The summed E-state index contributed by atoms with van der Waals surface area (Å²) in [7, 11) is 1.44. The highest BCUT2D eigenvalue weighted by Crippen LogP contribution is 2.27. The molecule has 0 aliphatic carbocycles. The first-order chi connectivity index (χ1) is 16.4. The van der Waals surface area contributed by atoms with Crippen molar-refractivity contribution in [1.82, 2.24) is 0 Å². The average Bonchev–Trinajstić information content (AvgIpc) is 2.85. The number of carbonyl (C=O) groups is 1. The lowest BCUT2D eigenvalue weighted by atomic mass is 9.84. The zero-order valence-electron chi connectivity index (χ0n) is 20.8. The highest BCUT2D eigenvalue weighted by Gasteiger charge is 2.23. The van der Waals surface area contributed by atoms with Crippen molar-refractivity contribution in [1.29, 1.82) is 0 Å². The Balaban J connectivity index is 1.49. The second-order valence-electron chi connectivity index (χ2n) is 9.54. The van der Waals surface area contributed by atoms with E-state index in [1.54, 1.807) is 0 Å². The third-order valence-corrected chi connectivity index (χ3v) is 5.84. The van der Waals surface area contributed by atoms with Gasteiger partial charge in [-0.1, -0.05) is 87.5 Å². The van der Waals surface area contributed by atoms with E-state index in [-0.39, 0.29) is 17.3 Å². The van der Waals surface area contributed by atoms with Crippen LogP contribution in [-0.4, -0.2) is 26.3 Å². The van der Waals surface area contributed by atoms with Crippen LogP contribution in [0.3, 0.4) is 0 Å². The summed E-state index contributed by atoms with van der Waals surface area (Å²) < 4.78 is 16.6. The normalized spacial score (nSPS) is 12.2. The molecule has 34 heavy (non-hydrogen) atoms. The molecule has 0 bridgehead atoms. The van der Waals surface area contributed by atoms with Crippen LogP contribution in [0, 0.1) is 0 Å². The molecule has 0 radical (unpaired) electrons. The summed E-state index contributed by atoms with van der Waals surface area (Å²) in [6.45, 7) is 8.42. The molecule has 0 amide bonds. The lowest BCUT2D eigenvalue weighted by Gasteiger charge is -2.21. The van der Waals surface area contributed by atoms with Crippen molar-refractivity contribution >= 4 is 5.97 Å². The fourth-order valence-electron chi connectivity index (χ4n) is 3.77. The molecule has 3 aromatic carbocycles. The van der Waals surface area contributed by atoms with Gasteiger partial charge in [0.05, 0.1) is 32.8 Å². The second kappa shape index (κ2) is 12.4. The molecule has 0 aliphatic heterocycles. The molecule has 0 aliphatic rings. The number of hydrogen-bond acceptors (Lipinski definition) is 4. The Morgan fingerprint density at radius 3 is 2.12 bits per heavy atom. The van der Waals surface area contributed by atoms with E-state index >= 15 is 0 Å². The van der Waals surface area contributed by atoms with Gasteiger partial charge in [-0.3, -0.25) is 4.79 Å². The number of benzene rings is 3. The van der Waals surface area contributed by atoms with Gasteiger partial charge in [0.1, 0.15) is 5.75 Å². The van der Waals surface area contributed by atoms with E-state index in [4.69, 9.17) is 14.2 Å². The first-order valence-electron chi connectivity index (χ1n) is 11.9. The van der Waals surface area contributed by atoms with Crippen LogP contribution >= 0.6 is 0 Å². The molecule has 0 spiro atoms. The number of methoxy groups -OCH3 is 1. The van der Waals surface area contributed by atoms with Crippen LogP contribution in [-0.2, 0) is 32.7 Å². The Labute approximate surface area is 203 Å². The molecule has 4 nitrogen and oxygen atoms in total. The van der Waals surface area contributed by atoms with Crippen molar-refractivity contribution in [3.63, 3.8) is 0 Å². The molecule has 0 fully saturated rings. The Hall–Kier alpha value is -3.11. The van der Waals surface area contributed by atoms with E-state index in [0.717, 1.165) is 23.3 Å². The maximum atomic E-state index is 12.5. The van der Waals surface area contributed by atoms with Crippen LogP contribution in [0.5, 0.6) is 5.75 Å². The van der Waals surface area contributed by atoms with Crippen LogP contribution in [0.4, 0.5) is 0 Å². The maximum Gasteiger partial charge on any atom is 0.313 e. The van der Waals surface area contributed by atoms with Gasteiger partial charge in [0.25, 0.3) is 0 Å². The maximum absolute atomic E-state index is 12.5. The van der Waals surface area contributed by atoms with Crippen LogP contribution in [0.2, 0.25) is 0 Å². The minimum Gasteiger partial charge on any atom is -0.494 e. The van der Waals surface area contributed by atoms with Crippen molar-refractivity contribution < 1.29 is 19.0 Å². The molecular formula is C30H36O4. The SMILES string of the molecule is COC(=O)C(Cc1ccc(OCCCOCc2ccccc2)cc1)c1ccc(C(C)(C)C)cc1. The van der Waals surface area contributed by atoms with Gasteiger partial charge in [-0.2, -0.15) is 0 Å². The van der Waals surface area contributed by atoms with Gasteiger partial charge in [-0.15, -0.1) is 0 Å². The predicted octanol–water partition coefficient (Wildman–Crippen LogP) is 6.47. The van der Waals surface area contributed by atoms with E-state index in [0.29, 0.717) is 26.2 Å². The van der Waals surface area contributed by atoms with Crippen LogP contribution in [0.1, 0.15) is 55.4 Å². The number of esters is 1. The van der Waals surface area contributed by atoms with Gasteiger partial charge in [0, 0.05) is 6.42 Å². The smallest absolute Gasteiger partial charge is 0.313 e. The first-order valence-corrected chi connectivity index (χ1v) is 11.9. The summed E-state index contributed by atoms with van der Waals surface area (Å²) in [5.74, 6) is 0.253. The monoisotopic (exact) mass is 460 g/mol. The summed E-state index contributed by atoms with van der Waals surface area (Å²) in [4.78, 5) is 12.5. The molecular weight excluding hydrogens is 424 g/mol. The van der Waals surface area contributed by atoms with Crippen LogP contribution in [0.25, 0.3) is 0 Å². The van der Waals surface area contributed by atoms with Crippen molar-refractivity contribution in [2.45, 2.75) is 51.6 Å². The molecule has 0 aromatic heterocycles. The summed E-state index contributed by atoms with van der Waals surface area (Å²) >= 11 is 0. The van der Waals surface area contributed by atoms with E-state index in [1.165, 1.54) is 18.2 Å². The minimum atomic E-state index is -0.340. The Bertz CT molecular complexity index is 1000. The van der Waals surface area contributed by atoms with Gasteiger partial charge < -0.3 is 14.2 Å². The number of carbonyl (C=O) groups excluding carboxylic acids is 1. The van der Waals surface area contributed by atoms with Gasteiger partial charge in [-0.05, 0) is 46.2 Å². The van der Waals surface area contributed by atoms with Gasteiger partial charge in [0.2, 0.25) is 0 Å². The summed E-state index contributed by atoms with van der Waals surface area (Å²) in [6.07, 6.45) is 1.40. The van der Waals surface area contributed by atoms with Crippen molar-refractivity contribution in [2.75, 3.05) is 20.3 Å². The van der Waals surface area contributed by atoms with Gasteiger partial charge in [-0.25, -0.2) is 0 Å². The molecule has 4 heteroatoms. The zero-order valence-corrected chi connectivity index (χ0v) is 20.8. The summed E-state index contributed by atoms with van der Waals surface area (Å²) in [6, 6.07) is 26.4. The van der Waals surface area contributed by atoms with E-state index in [2.05, 4.69) is 45.0 Å². The summed E-state index contributed by atoms with van der Waals surface area (Å²) in [5.41, 5.74) is 4.52. The van der Waals surface area contributed by atoms with E-state index in [9.17, 15) is 4.79 Å². The topological polar surface area (TPSA) is 44.8 Å². The van der Waals surface area contributed by atoms with Crippen LogP contribution in [0.15, 0.2) is 78.9 Å². The Morgan fingerprint density at radius 2 is 1.50 bits per heavy atom. The van der Waals surface area contributed by atoms with E-state index < -0.39 is 0 Å². The molecule has 0 saturated carbocycles. The Kier molecular flexibility index (Phi) is 9.29. The third-order valence-electron chi connectivity index (χ3n) is 5.84. The second-order valence-corrected chi connectivity index (χ2v) is 9.54. The van der Waals surface area contributed by atoms with Gasteiger partial charge >= 0.3 is 5.97 Å². The molecule has 1 unspecified atom stereocenters. The molecule has 3 rings (SSSR count). The van der Waals surface area contributed by atoms with Crippen molar-refractivity contribution in [3.8, 4) is 5.75 Å². The predicted molar refractivity (Wildman–Crippen MR) is 136 cm³/mol. The Morgan fingerprint density at radius 1 is 0.824 bits per heavy atom. The first kappa shape index (κ1) is 25.5. The fourth-order valence-corrected chi connectivity index (χ4v) is 3.77. The molecule has 1 atom stereocenters. The van der Waals surface area contributed by atoms with Crippen molar-refractivity contribution in [3.05, 3.63) is 101 Å². The molecule has 0 N–H and O–H groups in total. The highest BCUT2D eigenvalue weighted by molar-refractivity contribution is 5.78. The van der Waals surface area contributed by atoms with Crippen LogP contribution < -0.4 is 4.74 Å². The number of rotatable bonds is 11. The van der Waals surface area contributed by atoms with E-state index in [1.807, 2.05) is 54.6 Å². The largest absolute Gasteiger partial charge is 0.494 e. The number of hydrogen-bond donors (Lipinski definition) is 0. The van der Waals surface area contributed by atoms with Gasteiger partial charge in [0.15, 0.2) is 0 Å². The standard InChI is InChI=1S/C30H36O4/c1-30(2,3)26-15-13-25(14-16-26)28(29(31)32-4)21-23-11-17-27(18-12-23)34-20-8-19-33-22-24-9-6-5-7-10-24/h5-7,9-18,28H,8,19-22H2,1-4H3. The zero-order chi connectivity index (χ0) is 24.4. The molecule has 0 heterocycles. The third kappa shape index (κ3) is 7.74. The minimum absolute atomic E-state index is 0.0726. The highest BCUT2D eigenvalue weighted by atomic mass is 16.5. The molecule has 0 saturated heterocycles. The fraction of sp³-hybridized carbons (Fsp3) is 0.367. The summed E-state index contributed by atoms with van der Waals surface area (Å²) in [5, 5.41) is 0. The molecule has 180 valence electrons. The van der Waals surface area contributed by atoms with Crippen molar-refractivity contribution in [2.24, 2.45) is 0 Å². The molecule has 3 aromatic rings.